The van der Waals surface area contributed by atoms with Crippen LogP contribution in [-0.4, -0.2) is 19.2 Å². The van der Waals surface area contributed by atoms with E-state index in [1.165, 1.54) is 7.11 Å². The van der Waals surface area contributed by atoms with Crippen molar-refractivity contribution >= 4 is 17.5 Å². The number of carbonyl (C=O) groups excluding carboxylic acids is 1. The fraction of sp³-hybridized carbons (Fsp3) is 0.417. The lowest BCUT2D eigenvalue weighted by molar-refractivity contribution is 0.175. The van der Waals surface area contributed by atoms with Crippen LogP contribution in [0.3, 0.4) is 0 Å². The van der Waals surface area contributed by atoms with Gasteiger partial charge in [0.2, 0.25) is 0 Å². The van der Waals surface area contributed by atoms with Crippen LogP contribution in [0.4, 0.5) is 16.2 Å². The number of ether oxygens (including phenoxy) is 1. The smallest absolute Gasteiger partial charge is 0.414 e. The quantitative estimate of drug-likeness (QED) is 0.682. The highest BCUT2D eigenvalue weighted by Crippen LogP contribution is 2.34. The van der Waals surface area contributed by atoms with Crippen LogP contribution < -0.4 is 10.6 Å². The van der Waals surface area contributed by atoms with E-state index in [0.29, 0.717) is 0 Å². The van der Waals surface area contributed by atoms with E-state index in [1.807, 2.05) is 25.1 Å². The predicted octanol–water partition coefficient (Wildman–Crippen LogP) is 2.18. The van der Waals surface area contributed by atoms with Crippen LogP contribution in [-0.2, 0) is 11.2 Å². The van der Waals surface area contributed by atoms with Crippen molar-refractivity contribution in [3.63, 3.8) is 0 Å². The number of amides is 1. The summed E-state index contributed by atoms with van der Waals surface area (Å²) >= 11 is 0. The number of anilines is 2. The molecule has 1 aromatic rings. The van der Waals surface area contributed by atoms with Crippen molar-refractivity contribution in [1.82, 2.24) is 0 Å². The van der Waals surface area contributed by atoms with Gasteiger partial charge in [0.25, 0.3) is 0 Å². The average molecular weight is 220 g/mol. The topological polar surface area (TPSA) is 55.6 Å². The Morgan fingerprint density at radius 3 is 3.00 bits per heavy atom. The monoisotopic (exact) mass is 220 g/mol. The van der Waals surface area contributed by atoms with Crippen LogP contribution in [0, 0.1) is 0 Å². The second kappa shape index (κ2) is 4.04. The third kappa shape index (κ3) is 1.60. The molecule has 4 nitrogen and oxygen atoms in total. The van der Waals surface area contributed by atoms with E-state index < -0.39 is 0 Å². The summed E-state index contributed by atoms with van der Waals surface area (Å²) < 4.78 is 4.80. The average Bonchev–Trinajstić information content (AvgIpc) is 2.28. The molecule has 0 saturated carbocycles. The van der Waals surface area contributed by atoms with E-state index in [0.717, 1.165) is 29.8 Å². The summed E-state index contributed by atoms with van der Waals surface area (Å²) in [6, 6.07) is 5.80. The minimum atomic E-state index is -0.320. The Labute approximate surface area is 95.0 Å². The van der Waals surface area contributed by atoms with Crippen molar-refractivity contribution in [1.29, 1.82) is 0 Å². The number of rotatable bonds is 0. The number of nitrogen functional groups attached to an aromatic ring is 1. The normalized spacial score (nSPS) is 19.1. The number of hydrogen-bond acceptors (Lipinski definition) is 3. The molecule has 1 heterocycles. The first-order chi connectivity index (χ1) is 7.65. The third-order valence-corrected chi connectivity index (χ3v) is 3.07. The maximum absolute atomic E-state index is 11.7. The van der Waals surface area contributed by atoms with Gasteiger partial charge < -0.3 is 10.5 Å². The number of fused-ring (bicyclic) bond motifs is 1. The molecular weight excluding hydrogens is 204 g/mol. The molecule has 1 atom stereocenters. The molecule has 86 valence electrons. The molecule has 1 aliphatic rings. The van der Waals surface area contributed by atoms with Gasteiger partial charge in [-0.3, -0.25) is 4.90 Å². The zero-order valence-electron chi connectivity index (χ0n) is 9.56. The van der Waals surface area contributed by atoms with Crippen molar-refractivity contribution in [2.24, 2.45) is 0 Å². The molecule has 2 rings (SSSR count). The molecule has 0 spiro atoms. The van der Waals surface area contributed by atoms with Crippen molar-refractivity contribution < 1.29 is 9.53 Å². The highest BCUT2D eigenvalue weighted by Gasteiger charge is 2.29. The van der Waals surface area contributed by atoms with Crippen LogP contribution in [0.5, 0.6) is 0 Å². The summed E-state index contributed by atoms with van der Waals surface area (Å²) in [5.41, 5.74) is 8.59. The summed E-state index contributed by atoms with van der Waals surface area (Å²) in [6.45, 7) is 2.02. The zero-order valence-corrected chi connectivity index (χ0v) is 9.56. The summed E-state index contributed by atoms with van der Waals surface area (Å²) in [4.78, 5) is 13.4. The summed E-state index contributed by atoms with van der Waals surface area (Å²) in [5, 5.41) is 0. The van der Waals surface area contributed by atoms with Gasteiger partial charge in [-0.05, 0) is 37.5 Å². The Hall–Kier alpha value is -1.71. The van der Waals surface area contributed by atoms with Gasteiger partial charge in [-0.15, -0.1) is 0 Å². The number of carbonyl (C=O) groups is 1. The lowest BCUT2D eigenvalue weighted by atomic mass is 9.96. The van der Waals surface area contributed by atoms with Gasteiger partial charge in [0, 0.05) is 11.7 Å². The van der Waals surface area contributed by atoms with Crippen LogP contribution in [0.1, 0.15) is 18.9 Å². The molecule has 0 fully saturated rings. The Balaban J connectivity index is 2.48. The lowest BCUT2D eigenvalue weighted by Gasteiger charge is -2.34. The molecular formula is C12H16N2O2. The molecule has 0 aliphatic carbocycles. The zero-order chi connectivity index (χ0) is 11.7. The minimum Gasteiger partial charge on any atom is -0.452 e. The molecule has 16 heavy (non-hydrogen) atoms. The number of nitrogens with zero attached hydrogens (tertiary/aromatic N) is 1. The molecule has 0 aromatic heterocycles. The van der Waals surface area contributed by atoms with Crippen LogP contribution >= 0.6 is 0 Å². The number of nitrogens with two attached hydrogens (primary N) is 1. The standard InChI is InChI=1S/C12H16N2O2/c1-8-6-7-9-10(13)4-3-5-11(9)14(8)12(15)16-2/h3-5,8H,6-7,13H2,1-2H3. The fourth-order valence-corrected chi connectivity index (χ4v) is 2.19. The molecule has 0 radical (unpaired) electrons. The van der Waals surface area contributed by atoms with E-state index >= 15 is 0 Å². The van der Waals surface area contributed by atoms with E-state index in [9.17, 15) is 4.79 Å². The Bertz CT molecular complexity index is 417. The first-order valence-electron chi connectivity index (χ1n) is 5.39. The Kier molecular flexibility index (Phi) is 2.73. The molecule has 1 aliphatic heterocycles. The third-order valence-electron chi connectivity index (χ3n) is 3.07. The molecule has 1 aromatic carbocycles. The molecule has 0 saturated heterocycles. The van der Waals surface area contributed by atoms with E-state index in [1.54, 1.807) is 4.90 Å². The first kappa shape index (κ1) is 10.8. The van der Waals surface area contributed by atoms with Crippen LogP contribution in [0.15, 0.2) is 18.2 Å². The first-order valence-corrected chi connectivity index (χ1v) is 5.39. The number of methoxy groups -OCH3 is 1. The SMILES string of the molecule is COC(=O)N1c2cccc(N)c2CCC1C. The Morgan fingerprint density at radius 2 is 2.31 bits per heavy atom. The van der Waals surface area contributed by atoms with Gasteiger partial charge in [0.15, 0.2) is 0 Å². The van der Waals surface area contributed by atoms with Gasteiger partial charge in [0.1, 0.15) is 0 Å². The minimum absolute atomic E-state index is 0.154. The van der Waals surface area contributed by atoms with Crippen LogP contribution in [0.2, 0.25) is 0 Å². The summed E-state index contributed by atoms with van der Waals surface area (Å²) in [6.07, 6.45) is 1.51. The van der Waals surface area contributed by atoms with Gasteiger partial charge in [-0.25, -0.2) is 4.79 Å². The van der Waals surface area contributed by atoms with Crippen LogP contribution in [0.25, 0.3) is 0 Å². The lowest BCUT2D eigenvalue weighted by Crippen LogP contribution is -2.42. The number of hydrogen-bond donors (Lipinski definition) is 1. The summed E-state index contributed by atoms with van der Waals surface area (Å²) in [5.74, 6) is 0. The molecule has 4 heteroatoms. The van der Waals surface area contributed by atoms with Gasteiger partial charge in [-0.2, -0.15) is 0 Å². The highest BCUT2D eigenvalue weighted by molar-refractivity contribution is 5.91. The van der Waals surface area contributed by atoms with Gasteiger partial charge in [0.05, 0.1) is 12.8 Å². The van der Waals surface area contributed by atoms with E-state index in [-0.39, 0.29) is 12.1 Å². The van der Waals surface area contributed by atoms with Crippen molar-refractivity contribution in [3.8, 4) is 0 Å². The van der Waals surface area contributed by atoms with Crippen molar-refractivity contribution in [3.05, 3.63) is 23.8 Å². The molecule has 1 amide bonds. The summed E-state index contributed by atoms with van der Waals surface area (Å²) in [7, 11) is 1.40. The fourth-order valence-electron chi connectivity index (χ4n) is 2.19. The highest BCUT2D eigenvalue weighted by atomic mass is 16.5. The van der Waals surface area contributed by atoms with E-state index in [2.05, 4.69) is 0 Å². The van der Waals surface area contributed by atoms with Gasteiger partial charge >= 0.3 is 6.09 Å². The molecule has 1 unspecified atom stereocenters. The largest absolute Gasteiger partial charge is 0.452 e. The second-order valence-electron chi connectivity index (χ2n) is 4.07. The maximum atomic E-state index is 11.7. The van der Waals surface area contributed by atoms with Gasteiger partial charge in [-0.1, -0.05) is 6.07 Å². The molecule has 2 N–H and O–H groups in total. The Morgan fingerprint density at radius 1 is 1.56 bits per heavy atom. The van der Waals surface area contributed by atoms with E-state index in [4.69, 9.17) is 10.5 Å². The molecule has 0 bridgehead atoms. The van der Waals surface area contributed by atoms with Crippen molar-refractivity contribution in [2.45, 2.75) is 25.8 Å². The van der Waals surface area contributed by atoms with Crippen molar-refractivity contribution in [2.75, 3.05) is 17.7 Å². The number of benzene rings is 1. The maximum Gasteiger partial charge on any atom is 0.414 e. The predicted molar refractivity (Wildman–Crippen MR) is 63.5 cm³/mol. The second-order valence-corrected chi connectivity index (χ2v) is 4.07.